The molecule has 0 unspecified atom stereocenters. The summed E-state index contributed by atoms with van der Waals surface area (Å²) < 4.78 is 0. The van der Waals surface area contributed by atoms with E-state index >= 15 is 0 Å². The van der Waals surface area contributed by atoms with Gasteiger partial charge in [0.2, 0.25) is 11.0 Å². The van der Waals surface area contributed by atoms with Crippen LogP contribution in [0.4, 0.5) is 5.13 Å². The van der Waals surface area contributed by atoms with Crippen molar-refractivity contribution in [2.45, 2.75) is 26.8 Å². The zero-order valence-electron chi connectivity index (χ0n) is 15.3. The summed E-state index contributed by atoms with van der Waals surface area (Å²) in [5, 5.41) is 9.85. The Morgan fingerprint density at radius 3 is 2.15 bits per heavy atom. The molecule has 2 N–H and O–H groups in total. The second-order valence-corrected chi connectivity index (χ2v) is 7.58. The molecule has 140 valence electrons. The number of nitrogens with zero attached hydrogens (tertiary/aromatic N) is 4. The van der Waals surface area contributed by atoms with E-state index in [1.165, 1.54) is 16.0 Å². The fourth-order valence-electron chi connectivity index (χ4n) is 2.89. The van der Waals surface area contributed by atoms with Crippen molar-refractivity contribution in [3.05, 3.63) is 82.4 Å². The summed E-state index contributed by atoms with van der Waals surface area (Å²) in [4.78, 5) is 5.93. The van der Waals surface area contributed by atoms with E-state index in [4.69, 9.17) is 10.1 Å². The third-order valence-electron chi connectivity index (χ3n) is 4.37. The molecule has 7 heteroatoms. The molecule has 1 aromatic heterocycles. The summed E-state index contributed by atoms with van der Waals surface area (Å²) in [7, 11) is 0. The van der Waals surface area contributed by atoms with Crippen molar-refractivity contribution < 1.29 is 22.4 Å². The molecule has 5 nitrogen and oxygen atoms in total. The predicted octanol–water partition coefficient (Wildman–Crippen LogP) is 0.0357. The van der Waals surface area contributed by atoms with Gasteiger partial charge in [-0.05, 0) is 30.1 Å². The highest BCUT2D eigenvalue weighted by atomic mass is 79.9. The van der Waals surface area contributed by atoms with Crippen LogP contribution in [0.5, 0.6) is 0 Å². The number of rotatable bonds is 5. The minimum atomic E-state index is 0. The van der Waals surface area contributed by atoms with Crippen LogP contribution in [-0.2, 0) is 13.0 Å². The average Bonchev–Trinajstić information content (AvgIpc) is 3.20. The van der Waals surface area contributed by atoms with Crippen LogP contribution in [0.3, 0.4) is 0 Å². The lowest BCUT2D eigenvalue weighted by Crippen LogP contribution is -3.00. The van der Waals surface area contributed by atoms with Crippen molar-refractivity contribution >= 4 is 22.3 Å². The number of aromatic nitrogens is 1. The maximum Gasteiger partial charge on any atom is 0.244 e. The van der Waals surface area contributed by atoms with Gasteiger partial charge >= 0.3 is 0 Å². The number of benzene rings is 2. The van der Waals surface area contributed by atoms with E-state index < -0.39 is 0 Å². The van der Waals surface area contributed by atoms with Crippen LogP contribution >= 0.6 is 11.3 Å². The predicted molar refractivity (Wildman–Crippen MR) is 106 cm³/mol. The highest BCUT2D eigenvalue weighted by Gasteiger charge is 2.32. The number of nitrogens with two attached hydrogens (primary N) is 1. The van der Waals surface area contributed by atoms with E-state index in [1.807, 2.05) is 24.2 Å². The SMILES string of the molecule is Cc1nc(N2N=C(Cc3ccccc3)[NH2+]N2Cc2ccccc2)sc1C.[Br-]. The molecule has 0 bridgehead atoms. The zero-order valence-corrected chi connectivity index (χ0v) is 17.7. The number of hydrogen-bond donors (Lipinski definition) is 1. The Morgan fingerprint density at radius 1 is 0.926 bits per heavy atom. The Morgan fingerprint density at radius 2 is 1.56 bits per heavy atom. The number of hydrazine groups is 1. The van der Waals surface area contributed by atoms with E-state index in [-0.39, 0.29) is 17.0 Å². The molecule has 2 heterocycles. The van der Waals surface area contributed by atoms with Crippen LogP contribution in [0.15, 0.2) is 65.8 Å². The van der Waals surface area contributed by atoms with Crippen molar-refractivity contribution in [3.63, 3.8) is 0 Å². The van der Waals surface area contributed by atoms with Crippen LogP contribution in [0.2, 0.25) is 0 Å². The minimum absolute atomic E-state index is 0. The van der Waals surface area contributed by atoms with Crippen LogP contribution in [0.1, 0.15) is 21.7 Å². The Kier molecular flexibility index (Phi) is 6.38. The maximum absolute atomic E-state index is 4.85. The van der Waals surface area contributed by atoms with E-state index in [9.17, 15) is 0 Å². The van der Waals surface area contributed by atoms with Crippen LogP contribution in [0, 0.1) is 13.8 Å². The number of thiazole rings is 1. The summed E-state index contributed by atoms with van der Waals surface area (Å²) in [5.41, 5.74) is 5.70. The molecular weight excluding hydrogens is 422 g/mol. The fourth-order valence-corrected chi connectivity index (χ4v) is 3.77. The van der Waals surface area contributed by atoms with Crippen molar-refractivity contribution in [2.24, 2.45) is 5.10 Å². The van der Waals surface area contributed by atoms with Gasteiger partial charge in [-0.1, -0.05) is 77.1 Å². The first-order chi connectivity index (χ1) is 12.7. The summed E-state index contributed by atoms with van der Waals surface area (Å²) in [5.74, 6) is 1.04. The Hall–Kier alpha value is -2.06. The summed E-state index contributed by atoms with van der Waals surface area (Å²) >= 11 is 1.68. The molecule has 0 aliphatic carbocycles. The first-order valence-corrected chi connectivity index (χ1v) is 9.51. The summed E-state index contributed by atoms with van der Waals surface area (Å²) in [6, 6.07) is 20.9. The van der Waals surface area contributed by atoms with E-state index in [0.717, 1.165) is 29.6 Å². The topological polar surface area (TPSA) is 48.3 Å². The van der Waals surface area contributed by atoms with Crippen molar-refractivity contribution in [1.82, 2.24) is 10.1 Å². The number of aryl methyl sites for hydroxylation is 2. The molecule has 0 saturated carbocycles. The highest BCUT2D eigenvalue weighted by Crippen LogP contribution is 2.27. The molecule has 1 aliphatic rings. The molecule has 0 radical (unpaired) electrons. The second kappa shape index (κ2) is 8.75. The van der Waals surface area contributed by atoms with E-state index in [1.54, 1.807) is 11.3 Å². The normalized spacial score (nSPS) is 14.1. The smallest absolute Gasteiger partial charge is 0.244 e. The molecule has 0 atom stereocenters. The van der Waals surface area contributed by atoms with Crippen molar-refractivity contribution in [2.75, 3.05) is 5.12 Å². The molecule has 3 aromatic rings. The van der Waals surface area contributed by atoms with Gasteiger partial charge < -0.3 is 17.0 Å². The quantitative estimate of drug-likeness (QED) is 0.566. The summed E-state index contributed by atoms with van der Waals surface area (Å²) in [6.45, 7) is 4.91. The Bertz CT molecular complexity index is 891. The lowest BCUT2D eigenvalue weighted by atomic mass is 10.1. The van der Waals surface area contributed by atoms with Gasteiger partial charge in [0.05, 0.1) is 18.7 Å². The monoisotopic (exact) mass is 443 g/mol. The number of halogens is 1. The standard InChI is InChI=1S/C20H21N5S.BrH/c1-15-16(2)26-20(21-15)25-23-19(13-17-9-5-3-6-10-17)22-24(25)14-18-11-7-4-8-12-18;/h3-12H,13-14H2,1-2H3,(H,22,23);1H. The minimum Gasteiger partial charge on any atom is -1.00 e. The van der Waals surface area contributed by atoms with Gasteiger partial charge in [0.1, 0.15) is 0 Å². The van der Waals surface area contributed by atoms with Crippen molar-refractivity contribution in [3.8, 4) is 0 Å². The molecule has 0 saturated heterocycles. The van der Waals surface area contributed by atoms with E-state index in [0.29, 0.717) is 0 Å². The number of anilines is 1. The van der Waals surface area contributed by atoms with Crippen LogP contribution in [-0.4, -0.2) is 15.9 Å². The van der Waals surface area contributed by atoms with Crippen LogP contribution < -0.4 is 27.5 Å². The molecule has 0 amide bonds. The van der Waals surface area contributed by atoms with Gasteiger partial charge in [-0.15, -0.1) is 5.12 Å². The largest absolute Gasteiger partial charge is 1.00 e. The zero-order chi connectivity index (χ0) is 17.9. The molecular formula is C20H22BrN5S. The first kappa shape index (κ1) is 19.7. The van der Waals surface area contributed by atoms with E-state index in [2.05, 4.69) is 66.0 Å². The van der Waals surface area contributed by atoms with Gasteiger partial charge in [0.15, 0.2) is 0 Å². The van der Waals surface area contributed by atoms with Gasteiger partial charge in [0.25, 0.3) is 0 Å². The lowest BCUT2D eigenvalue weighted by Gasteiger charge is -2.19. The fraction of sp³-hybridized carbons (Fsp3) is 0.200. The molecule has 4 rings (SSSR count). The third-order valence-corrected chi connectivity index (χ3v) is 5.41. The number of hydrogen-bond acceptors (Lipinski definition) is 5. The molecule has 27 heavy (non-hydrogen) atoms. The maximum atomic E-state index is 4.85. The molecule has 1 aliphatic heterocycles. The molecule has 0 spiro atoms. The van der Waals surface area contributed by atoms with Gasteiger partial charge in [-0.3, -0.25) is 0 Å². The average molecular weight is 444 g/mol. The van der Waals surface area contributed by atoms with Crippen molar-refractivity contribution in [1.29, 1.82) is 0 Å². The number of amidine groups is 1. The molecule has 2 aromatic carbocycles. The highest BCUT2D eigenvalue weighted by molar-refractivity contribution is 7.15. The van der Waals surface area contributed by atoms with Gasteiger partial charge in [-0.2, -0.15) is 5.43 Å². The summed E-state index contributed by atoms with van der Waals surface area (Å²) in [6.07, 6.45) is 0.811. The lowest BCUT2D eigenvalue weighted by molar-refractivity contribution is -0.710. The number of quaternary nitrogens is 1. The van der Waals surface area contributed by atoms with Gasteiger partial charge in [0, 0.05) is 4.88 Å². The number of hydrazone groups is 1. The first-order valence-electron chi connectivity index (χ1n) is 8.70. The Labute approximate surface area is 174 Å². The Balaban J connectivity index is 0.00000210. The van der Waals surface area contributed by atoms with Gasteiger partial charge in [-0.25, -0.2) is 4.98 Å². The van der Waals surface area contributed by atoms with Crippen LogP contribution in [0.25, 0.3) is 0 Å². The molecule has 0 fully saturated rings. The third kappa shape index (κ3) is 4.62. The second-order valence-electron chi connectivity index (χ2n) is 6.39.